The van der Waals surface area contributed by atoms with E-state index in [0.29, 0.717) is 15.8 Å². The average Bonchev–Trinajstić information content (AvgIpc) is 2.34. The molecule has 6 heteroatoms. The predicted molar refractivity (Wildman–Crippen MR) is 68.3 cm³/mol. The smallest absolute Gasteiger partial charge is 0.343 e. The fourth-order valence-corrected chi connectivity index (χ4v) is 1.61. The third-order valence-corrected chi connectivity index (χ3v) is 2.57. The molecule has 96 valence electrons. The molecule has 0 spiro atoms. The maximum absolute atomic E-state index is 10.9. The summed E-state index contributed by atoms with van der Waals surface area (Å²) in [6.07, 6.45) is 2.49. The van der Waals surface area contributed by atoms with Gasteiger partial charge in [-0.05, 0) is 39.7 Å². The highest BCUT2D eigenvalue weighted by Gasteiger charge is 2.05. The van der Waals surface area contributed by atoms with Crippen LogP contribution in [0.4, 0.5) is 0 Å². The highest BCUT2D eigenvalue weighted by Crippen LogP contribution is 2.26. The molecule has 5 nitrogen and oxygen atoms in total. The van der Waals surface area contributed by atoms with Crippen LogP contribution in [0.5, 0.6) is 5.75 Å². The van der Waals surface area contributed by atoms with Crippen molar-refractivity contribution >= 4 is 33.9 Å². The molecule has 0 fully saturated rings. The highest BCUT2D eigenvalue weighted by molar-refractivity contribution is 9.10. The molecule has 0 aliphatic carbocycles. The molecule has 1 aromatic carbocycles. The van der Waals surface area contributed by atoms with E-state index < -0.39 is 11.9 Å². The van der Waals surface area contributed by atoms with E-state index in [4.69, 9.17) is 9.84 Å². The van der Waals surface area contributed by atoms with Gasteiger partial charge >= 0.3 is 11.9 Å². The zero-order valence-corrected chi connectivity index (χ0v) is 11.1. The zero-order chi connectivity index (χ0) is 13.5. The molecule has 1 aromatic rings. The Morgan fingerprint density at radius 3 is 2.72 bits per heavy atom. The Bertz CT molecular complexity index is 481. The van der Waals surface area contributed by atoms with Gasteiger partial charge in [0.25, 0.3) is 0 Å². The monoisotopic (exact) mass is 314 g/mol. The van der Waals surface area contributed by atoms with Gasteiger partial charge < -0.3 is 14.6 Å². The van der Waals surface area contributed by atoms with Crippen molar-refractivity contribution < 1.29 is 24.2 Å². The molecular formula is C12H11BrO5. The Labute approximate surface area is 112 Å². The number of carboxylic acid groups (broad SMARTS) is 1. The van der Waals surface area contributed by atoms with E-state index in [0.717, 1.165) is 6.08 Å². The fraction of sp³-hybridized carbons (Fsp3) is 0.167. The summed E-state index contributed by atoms with van der Waals surface area (Å²) in [4.78, 5) is 21.3. The van der Waals surface area contributed by atoms with Gasteiger partial charge in [-0.1, -0.05) is 6.07 Å². The summed E-state index contributed by atoms with van der Waals surface area (Å²) in [5.74, 6) is -1.01. The minimum atomic E-state index is -1.02. The first-order chi connectivity index (χ1) is 8.52. The van der Waals surface area contributed by atoms with E-state index in [9.17, 15) is 9.59 Å². The number of carboxylic acids is 1. The molecule has 0 aliphatic rings. The number of hydrogen-bond donors (Lipinski definition) is 1. The lowest BCUT2D eigenvalue weighted by Gasteiger charge is -2.07. The number of aliphatic carboxylic acids is 1. The molecule has 0 amide bonds. The fourth-order valence-electron chi connectivity index (χ4n) is 1.10. The molecule has 0 heterocycles. The zero-order valence-electron chi connectivity index (χ0n) is 9.55. The van der Waals surface area contributed by atoms with Gasteiger partial charge in [0.05, 0.1) is 11.6 Å². The second-order valence-electron chi connectivity index (χ2n) is 3.23. The van der Waals surface area contributed by atoms with Gasteiger partial charge in [0.2, 0.25) is 0 Å². The van der Waals surface area contributed by atoms with Crippen molar-refractivity contribution in [3.8, 4) is 5.75 Å². The standard InChI is InChI=1S/C12H11BrO5/c1-17-12(16)7-18-10-4-2-8(6-9(10)13)3-5-11(14)15/h2-6H,7H2,1H3,(H,14,15). The summed E-state index contributed by atoms with van der Waals surface area (Å²) >= 11 is 3.27. The lowest BCUT2D eigenvalue weighted by molar-refractivity contribution is -0.143. The van der Waals surface area contributed by atoms with Gasteiger partial charge in [-0.3, -0.25) is 0 Å². The van der Waals surface area contributed by atoms with Gasteiger partial charge in [-0.15, -0.1) is 0 Å². The summed E-state index contributed by atoms with van der Waals surface area (Å²) in [7, 11) is 1.28. The van der Waals surface area contributed by atoms with Crippen LogP contribution in [-0.2, 0) is 14.3 Å². The first-order valence-electron chi connectivity index (χ1n) is 4.93. The third-order valence-electron chi connectivity index (χ3n) is 1.95. The Morgan fingerprint density at radius 1 is 1.44 bits per heavy atom. The van der Waals surface area contributed by atoms with Crippen LogP contribution in [0.15, 0.2) is 28.7 Å². The second kappa shape index (κ2) is 6.80. The minimum Gasteiger partial charge on any atom is -0.481 e. The van der Waals surface area contributed by atoms with Crippen LogP contribution in [0.2, 0.25) is 0 Å². The number of hydrogen-bond acceptors (Lipinski definition) is 4. The number of carbonyl (C=O) groups is 2. The van der Waals surface area contributed by atoms with Crippen LogP contribution in [0, 0.1) is 0 Å². The molecule has 0 unspecified atom stereocenters. The normalized spacial score (nSPS) is 10.3. The van der Waals surface area contributed by atoms with Crippen molar-refractivity contribution in [2.75, 3.05) is 13.7 Å². The molecule has 1 rings (SSSR count). The molecule has 0 bridgehead atoms. The topological polar surface area (TPSA) is 72.8 Å². The second-order valence-corrected chi connectivity index (χ2v) is 4.08. The van der Waals surface area contributed by atoms with Crippen LogP contribution in [0.25, 0.3) is 6.08 Å². The molecule has 0 saturated heterocycles. The summed E-state index contributed by atoms with van der Waals surface area (Å²) < 4.78 is 10.3. The summed E-state index contributed by atoms with van der Waals surface area (Å²) in [6, 6.07) is 5.00. The molecule has 18 heavy (non-hydrogen) atoms. The number of ether oxygens (including phenoxy) is 2. The van der Waals surface area contributed by atoms with Crippen LogP contribution >= 0.6 is 15.9 Å². The van der Waals surface area contributed by atoms with E-state index >= 15 is 0 Å². The van der Waals surface area contributed by atoms with Gasteiger partial charge in [-0.25, -0.2) is 9.59 Å². The largest absolute Gasteiger partial charge is 0.481 e. The van der Waals surface area contributed by atoms with Crippen molar-refractivity contribution in [1.82, 2.24) is 0 Å². The first-order valence-corrected chi connectivity index (χ1v) is 5.72. The van der Waals surface area contributed by atoms with Crippen LogP contribution in [-0.4, -0.2) is 30.8 Å². The van der Waals surface area contributed by atoms with E-state index in [1.165, 1.54) is 13.2 Å². The Morgan fingerprint density at radius 2 is 2.17 bits per heavy atom. The first kappa shape index (κ1) is 14.2. The van der Waals surface area contributed by atoms with Gasteiger partial charge in [0.15, 0.2) is 6.61 Å². The number of carbonyl (C=O) groups excluding carboxylic acids is 1. The van der Waals surface area contributed by atoms with Gasteiger partial charge in [0.1, 0.15) is 5.75 Å². The molecular weight excluding hydrogens is 304 g/mol. The van der Waals surface area contributed by atoms with Crippen LogP contribution in [0.1, 0.15) is 5.56 Å². The molecule has 0 atom stereocenters. The number of methoxy groups -OCH3 is 1. The summed E-state index contributed by atoms with van der Waals surface area (Å²) in [5.41, 5.74) is 0.703. The van der Waals surface area contributed by atoms with Gasteiger partial charge in [0, 0.05) is 6.08 Å². The molecule has 0 radical (unpaired) electrons. The van der Waals surface area contributed by atoms with Crippen LogP contribution < -0.4 is 4.74 Å². The van der Waals surface area contributed by atoms with E-state index in [1.54, 1.807) is 18.2 Å². The molecule has 0 aliphatic heterocycles. The number of rotatable bonds is 5. The van der Waals surface area contributed by atoms with E-state index in [-0.39, 0.29) is 6.61 Å². The van der Waals surface area contributed by atoms with E-state index in [1.807, 2.05) is 0 Å². The van der Waals surface area contributed by atoms with Gasteiger partial charge in [-0.2, -0.15) is 0 Å². The molecule has 0 saturated carbocycles. The maximum atomic E-state index is 10.9. The van der Waals surface area contributed by atoms with Crippen molar-refractivity contribution in [1.29, 1.82) is 0 Å². The predicted octanol–water partition coefficient (Wildman–Crippen LogP) is 2.10. The minimum absolute atomic E-state index is 0.181. The maximum Gasteiger partial charge on any atom is 0.343 e. The van der Waals surface area contributed by atoms with Crippen molar-refractivity contribution in [3.63, 3.8) is 0 Å². The van der Waals surface area contributed by atoms with E-state index in [2.05, 4.69) is 20.7 Å². The molecule has 1 N–H and O–H groups in total. The Balaban J connectivity index is 2.73. The molecule has 0 aromatic heterocycles. The Hall–Kier alpha value is -1.82. The van der Waals surface area contributed by atoms with Crippen LogP contribution in [0.3, 0.4) is 0 Å². The summed E-state index contributed by atoms with van der Waals surface area (Å²) in [6.45, 7) is -0.181. The summed E-state index contributed by atoms with van der Waals surface area (Å²) in [5, 5.41) is 8.50. The number of benzene rings is 1. The SMILES string of the molecule is COC(=O)COc1ccc(C=CC(=O)O)cc1Br. The highest BCUT2D eigenvalue weighted by atomic mass is 79.9. The third kappa shape index (κ3) is 4.58. The quantitative estimate of drug-likeness (QED) is 0.665. The number of esters is 1. The van der Waals surface area contributed by atoms with Crippen molar-refractivity contribution in [2.45, 2.75) is 0 Å². The Kier molecular flexibility index (Phi) is 5.38. The lowest BCUT2D eigenvalue weighted by Crippen LogP contribution is -2.12. The van der Waals surface area contributed by atoms with Crippen molar-refractivity contribution in [2.24, 2.45) is 0 Å². The number of halogens is 1. The lowest BCUT2D eigenvalue weighted by atomic mass is 10.2. The average molecular weight is 315 g/mol. The van der Waals surface area contributed by atoms with Crippen molar-refractivity contribution in [3.05, 3.63) is 34.3 Å².